The summed E-state index contributed by atoms with van der Waals surface area (Å²) in [5, 5.41) is 10.4. The Morgan fingerprint density at radius 3 is 2.03 bits per heavy atom. The Balaban J connectivity index is 2.23. The number of phenolic OH excluding ortho intramolecular Hbond substituents is 1. The highest BCUT2D eigenvalue weighted by Crippen LogP contribution is 2.30. The third kappa shape index (κ3) is 6.50. The molecular formula is C23H24F3NO5. The number of carbonyl (C=O) groups excluding carboxylic acids is 2. The Kier molecular flexibility index (Phi) is 8.28. The molecule has 9 heteroatoms. The Labute approximate surface area is 183 Å². The second kappa shape index (κ2) is 10.7. The fourth-order valence-electron chi connectivity index (χ4n) is 2.83. The first-order chi connectivity index (χ1) is 15.1. The van der Waals surface area contributed by atoms with E-state index in [0.29, 0.717) is 17.8 Å². The van der Waals surface area contributed by atoms with Gasteiger partial charge in [-0.15, -0.1) is 0 Å². The number of hydrogen-bond donors (Lipinski definition) is 1. The number of halogens is 3. The number of rotatable bonds is 8. The van der Waals surface area contributed by atoms with E-state index in [1.165, 1.54) is 30.3 Å². The number of hydrogen-bond acceptors (Lipinski definition) is 6. The number of carbonyl (C=O) groups is 2. The minimum Gasteiger partial charge on any atom is -0.507 e. The van der Waals surface area contributed by atoms with Crippen LogP contribution in [0.2, 0.25) is 0 Å². The molecule has 2 aromatic rings. The second-order valence-corrected chi connectivity index (χ2v) is 6.79. The number of alkyl halides is 3. The van der Waals surface area contributed by atoms with Crippen molar-refractivity contribution in [3.63, 3.8) is 0 Å². The normalized spacial score (nSPS) is 10.9. The van der Waals surface area contributed by atoms with Crippen molar-refractivity contribution in [1.29, 1.82) is 0 Å². The predicted octanol–water partition coefficient (Wildman–Crippen LogP) is 4.56. The molecule has 0 aromatic heterocycles. The molecule has 0 aliphatic carbocycles. The van der Waals surface area contributed by atoms with E-state index in [1.807, 2.05) is 0 Å². The molecule has 0 unspecified atom stereocenters. The Morgan fingerprint density at radius 1 is 1.00 bits per heavy atom. The summed E-state index contributed by atoms with van der Waals surface area (Å²) >= 11 is 0. The van der Waals surface area contributed by atoms with Gasteiger partial charge >= 0.3 is 18.1 Å². The van der Waals surface area contributed by atoms with Crippen molar-refractivity contribution in [2.24, 2.45) is 0 Å². The summed E-state index contributed by atoms with van der Waals surface area (Å²) in [5.41, 5.74) is 0.351. The number of ether oxygens (including phenoxy) is 2. The van der Waals surface area contributed by atoms with Crippen molar-refractivity contribution < 1.29 is 37.3 Å². The van der Waals surface area contributed by atoms with Crippen LogP contribution >= 0.6 is 0 Å². The van der Waals surface area contributed by atoms with Crippen LogP contribution in [0.15, 0.2) is 48.0 Å². The summed E-state index contributed by atoms with van der Waals surface area (Å²) in [6.07, 6.45) is -3.21. The zero-order chi connectivity index (χ0) is 23.9. The summed E-state index contributed by atoms with van der Waals surface area (Å²) in [5.74, 6) is -1.93. The van der Waals surface area contributed by atoms with Crippen LogP contribution in [0.25, 0.3) is 6.08 Å². The molecule has 32 heavy (non-hydrogen) atoms. The Hall–Kier alpha value is -3.49. The standard InChI is InChI=1S/C23H24F3NO5/c1-4-31-21(29)19(22(30)32-5-2)12-16-8-11-18(13-20(16)28)27(3)14-15-6-9-17(10-7-15)23(24,25)26/h6-13,28H,4-5,14H2,1-3H3. The van der Waals surface area contributed by atoms with E-state index >= 15 is 0 Å². The van der Waals surface area contributed by atoms with Gasteiger partial charge in [0.25, 0.3) is 0 Å². The molecule has 2 rings (SSSR count). The molecule has 2 aromatic carbocycles. The lowest BCUT2D eigenvalue weighted by molar-refractivity contribution is -0.146. The van der Waals surface area contributed by atoms with Gasteiger partial charge in [-0.1, -0.05) is 12.1 Å². The fourth-order valence-corrected chi connectivity index (χ4v) is 2.83. The van der Waals surface area contributed by atoms with Crippen molar-refractivity contribution in [3.8, 4) is 5.75 Å². The summed E-state index contributed by atoms with van der Waals surface area (Å²) in [4.78, 5) is 25.9. The average Bonchev–Trinajstić information content (AvgIpc) is 2.72. The van der Waals surface area contributed by atoms with Gasteiger partial charge in [0.05, 0.1) is 18.8 Å². The van der Waals surface area contributed by atoms with E-state index in [2.05, 4.69) is 0 Å². The lowest BCUT2D eigenvalue weighted by Gasteiger charge is -2.20. The number of esters is 2. The lowest BCUT2D eigenvalue weighted by atomic mass is 10.1. The molecular weight excluding hydrogens is 427 g/mol. The maximum absolute atomic E-state index is 12.7. The maximum Gasteiger partial charge on any atom is 0.416 e. The van der Waals surface area contributed by atoms with E-state index in [0.717, 1.165) is 12.1 Å². The van der Waals surface area contributed by atoms with Crippen molar-refractivity contribution >= 4 is 23.7 Å². The van der Waals surface area contributed by atoms with E-state index in [4.69, 9.17) is 9.47 Å². The first kappa shape index (κ1) is 24.8. The average molecular weight is 451 g/mol. The largest absolute Gasteiger partial charge is 0.507 e. The van der Waals surface area contributed by atoms with Crippen molar-refractivity contribution in [2.45, 2.75) is 26.6 Å². The van der Waals surface area contributed by atoms with Crippen LogP contribution in [0.4, 0.5) is 18.9 Å². The Bertz CT molecular complexity index is 964. The molecule has 0 saturated heterocycles. The lowest BCUT2D eigenvalue weighted by Crippen LogP contribution is -2.18. The Morgan fingerprint density at radius 2 is 1.56 bits per heavy atom. The van der Waals surface area contributed by atoms with Crippen LogP contribution in [-0.4, -0.2) is 37.3 Å². The van der Waals surface area contributed by atoms with Gasteiger partial charge in [0.2, 0.25) is 0 Å². The monoisotopic (exact) mass is 451 g/mol. The molecule has 0 heterocycles. The van der Waals surface area contributed by atoms with E-state index in [-0.39, 0.29) is 30.1 Å². The highest BCUT2D eigenvalue weighted by molar-refractivity contribution is 6.17. The highest BCUT2D eigenvalue weighted by atomic mass is 19.4. The second-order valence-electron chi connectivity index (χ2n) is 6.79. The topological polar surface area (TPSA) is 76.1 Å². The first-order valence-electron chi connectivity index (χ1n) is 9.83. The third-order valence-corrected chi connectivity index (χ3v) is 4.45. The van der Waals surface area contributed by atoms with E-state index in [9.17, 15) is 27.9 Å². The summed E-state index contributed by atoms with van der Waals surface area (Å²) in [6, 6.07) is 9.38. The van der Waals surface area contributed by atoms with Crippen LogP contribution in [0.5, 0.6) is 5.75 Å². The highest BCUT2D eigenvalue weighted by Gasteiger charge is 2.30. The van der Waals surface area contributed by atoms with Crippen LogP contribution in [0.3, 0.4) is 0 Å². The summed E-state index contributed by atoms with van der Waals surface area (Å²) in [7, 11) is 1.71. The molecule has 0 fully saturated rings. The van der Waals surface area contributed by atoms with E-state index in [1.54, 1.807) is 31.9 Å². The molecule has 0 amide bonds. The predicted molar refractivity (Wildman–Crippen MR) is 113 cm³/mol. The van der Waals surface area contributed by atoms with Gasteiger partial charge in [-0.25, -0.2) is 9.59 Å². The number of anilines is 1. The van der Waals surface area contributed by atoms with Gasteiger partial charge in [-0.3, -0.25) is 0 Å². The molecule has 0 atom stereocenters. The van der Waals surface area contributed by atoms with Gasteiger partial charge in [-0.05, 0) is 49.8 Å². The van der Waals surface area contributed by atoms with Crippen LogP contribution in [0, 0.1) is 0 Å². The van der Waals surface area contributed by atoms with Gasteiger partial charge in [-0.2, -0.15) is 13.2 Å². The molecule has 0 spiro atoms. The minimum atomic E-state index is -4.40. The molecule has 0 aliphatic heterocycles. The fraction of sp³-hybridized carbons (Fsp3) is 0.304. The number of aromatic hydroxyl groups is 1. The van der Waals surface area contributed by atoms with Crippen LogP contribution in [-0.2, 0) is 31.8 Å². The molecule has 0 aliphatic rings. The van der Waals surface area contributed by atoms with Gasteiger partial charge in [0.15, 0.2) is 0 Å². The summed E-state index contributed by atoms with van der Waals surface area (Å²) < 4.78 is 47.9. The van der Waals surface area contributed by atoms with Gasteiger partial charge < -0.3 is 19.5 Å². The smallest absolute Gasteiger partial charge is 0.416 e. The molecule has 0 saturated carbocycles. The molecule has 6 nitrogen and oxygen atoms in total. The summed E-state index contributed by atoms with van der Waals surface area (Å²) in [6.45, 7) is 3.62. The first-order valence-corrected chi connectivity index (χ1v) is 9.83. The van der Waals surface area contributed by atoms with Crippen molar-refractivity contribution in [2.75, 3.05) is 25.2 Å². The van der Waals surface area contributed by atoms with E-state index < -0.39 is 23.7 Å². The SMILES string of the molecule is CCOC(=O)C(=Cc1ccc(N(C)Cc2ccc(C(F)(F)F)cc2)cc1O)C(=O)OCC. The quantitative estimate of drug-likeness (QED) is 0.275. The van der Waals surface area contributed by atoms with Crippen molar-refractivity contribution in [3.05, 3.63) is 64.7 Å². The van der Waals surface area contributed by atoms with Gasteiger partial charge in [0, 0.05) is 30.9 Å². The maximum atomic E-state index is 12.7. The minimum absolute atomic E-state index is 0.0647. The zero-order valence-corrected chi connectivity index (χ0v) is 17.9. The number of nitrogens with zero attached hydrogens (tertiary/aromatic N) is 1. The molecule has 0 bridgehead atoms. The molecule has 172 valence electrons. The number of benzene rings is 2. The third-order valence-electron chi connectivity index (χ3n) is 4.45. The molecule has 1 N–H and O–H groups in total. The van der Waals surface area contributed by atoms with Crippen LogP contribution in [0.1, 0.15) is 30.5 Å². The van der Waals surface area contributed by atoms with Crippen LogP contribution < -0.4 is 4.90 Å². The number of phenols is 1. The zero-order valence-electron chi connectivity index (χ0n) is 17.9. The van der Waals surface area contributed by atoms with Crippen molar-refractivity contribution in [1.82, 2.24) is 0 Å². The molecule has 0 radical (unpaired) electrons. The van der Waals surface area contributed by atoms with Gasteiger partial charge in [0.1, 0.15) is 11.3 Å².